The Morgan fingerprint density at radius 3 is 3.00 bits per heavy atom. The number of aromatic nitrogens is 1. The topological polar surface area (TPSA) is 80.4 Å². The first-order valence-corrected chi connectivity index (χ1v) is 7.54. The predicted octanol–water partition coefficient (Wildman–Crippen LogP) is 1.41. The van der Waals surface area contributed by atoms with E-state index in [4.69, 9.17) is 9.52 Å². The molecule has 1 aromatic rings. The number of rotatable bonds is 3. The van der Waals surface area contributed by atoms with Crippen LogP contribution < -0.4 is 0 Å². The molecule has 2 rings (SSSR count). The van der Waals surface area contributed by atoms with Crippen molar-refractivity contribution in [1.82, 2.24) is 4.98 Å². The van der Waals surface area contributed by atoms with Gasteiger partial charge in [-0.1, -0.05) is 13.3 Å². The second-order valence-electron chi connectivity index (χ2n) is 4.55. The summed E-state index contributed by atoms with van der Waals surface area (Å²) >= 11 is 0. The second-order valence-corrected chi connectivity index (χ2v) is 6.85. The molecule has 1 aromatic heterocycles. The lowest BCUT2D eigenvalue weighted by Gasteiger charge is -2.19. The first-order chi connectivity index (χ1) is 8.04. The van der Waals surface area contributed by atoms with Gasteiger partial charge >= 0.3 is 0 Å². The fourth-order valence-corrected chi connectivity index (χ4v) is 3.83. The van der Waals surface area contributed by atoms with Crippen molar-refractivity contribution in [2.75, 3.05) is 12.4 Å². The Hall–Kier alpha value is -0.880. The molecule has 2 unspecified atom stereocenters. The monoisotopic (exact) mass is 259 g/mol. The van der Waals surface area contributed by atoms with E-state index in [2.05, 4.69) is 4.98 Å². The molecule has 0 amide bonds. The molecule has 0 aromatic carbocycles. The molecule has 17 heavy (non-hydrogen) atoms. The van der Waals surface area contributed by atoms with Crippen molar-refractivity contribution in [3.63, 3.8) is 0 Å². The van der Waals surface area contributed by atoms with E-state index in [1.165, 1.54) is 6.26 Å². The highest BCUT2D eigenvalue weighted by atomic mass is 32.2. The quantitative estimate of drug-likeness (QED) is 0.887. The Balaban J connectivity index is 2.25. The molecule has 2 atom stereocenters. The van der Waals surface area contributed by atoms with Crippen LogP contribution in [0.25, 0.3) is 0 Å². The number of hydrogen-bond donors (Lipinski definition) is 1. The van der Waals surface area contributed by atoms with Crippen LogP contribution in [0.1, 0.15) is 48.9 Å². The second kappa shape index (κ2) is 4.78. The summed E-state index contributed by atoms with van der Waals surface area (Å²) in [4.78, 5) is 4.19. The highest BCUT2D eigenvalue weighted by Crippen LogP contribution is 2.33. The maximum atomic E-state index is 11.9. The van der Waals surface area contributed by atoms with Crippen LogP contribution in [0.4, 0.5) is 0 Å². The van der Waals surface area contributed by atoms with Crippen LogP contribution in [0, 0.1) is 0 Å². The van der Waals surface area contributed by atoms with Crippen LogP contribution in [0.2, 0.25) is 0 Å². The number of nitrogens with zero attached hydrogens (tertiary/aromatic N) is 1. The molecule has 1 N–H and O–H groups in total. The number of oxazole rings is 1. The lowest BCUT2D eigenvalue weighted by atomic mass is 10.1. The molecule has 2 heterocycles. The van der Waals surface area contributed by atoms with Gasteiger partial charge in [0.05, 0.1) is 18.1 Å². The van der Waals surface area contributed by atoms with E-state index >= 15 is 0 Å². The van der Waals surface area contributed by atoms with Crippen LogP contribution in [0.5, 0.6) is 0 Å². The third-order valence-electron chi connectivity index (χ3n) is 3.17. The van der Waals surface area contributed by atoms with Crippen molar-refractivity contribution in [2.45, 2.75) is 37.4 Å². The minimum atomic E-state index is -3.11. The van der Waals surface area contributed by atoms with Gasteiger partial charge in [0.1, 0.15) is 11.5 Å². The Labute approximate surface area is 101 Å². The van der Waals surface area contributed by atoms with E-state index in [1.54, 1.807) is 0 Å². The molecule has 0 bridgehead atoms. The van der Waals surface area contributed by atoms with Crippen LogP contribution >= 0.6 is 0 Å². The van der Waals surface area contributed by atoms with Gasteiger partial charge in [0.25, 0.3) is 0 Å². The SMILES string of the molecule is CC(CO)c1coc(C2CCCCS2(=O)=O)n1. The van der Waals surface area contributed by atoms with Gasteiger partial charge in [-0.3, -0.25) is 0 Å². The van der Waals surface area contributed by atoms with Crippen molar-refractivity contribution < 1.29 is 17.9 Å². The smallest absolute Gasteiger partial charge is 0.212 e. The van der Waals surface area contributed by atoms with Crippen LogP contribution in [-0.2, 0) is 9.84 Å². The van der Waals surface area contributed by atoms with Crippen LogP contribution in [0.3, 0.4) is 0 Å². The lowest BCUT2D eigenvalue weighted by molar-refractivity contribution is 0.271. The van der Waals surface area contributed by atoms with E-state index in [0.717, 1.165) is 12.8 Å². The summed E-state index contributed by atoms with van der Waals surface area (Å²) in [5.74, 6) is 0.365. The molecule has 0 radical (unpaired) electrons. The van der Waals surface area contributed by atoms with Crippen LogP contribution in [-0.4, -0.2) is 30.9 Å². The molecule has 1 aliphatic heterocycles. The Bertz CT molecular complexity index is 479. The fraction of sp³-hybridized carbons (Fsp3) is 0.727. The lowest BCUT2D eigenvalue weighted by Crippen LogP contribution is -2.21. The zero-order valence-corrected chi connectivity index (χ0v) is 10.6. The summed E-state index contributed by atoms with van der Waals surface area (Å²) < 4.78 is 29.0. The molecule has 5 nitrogen and oxygen atoms in total. The summed E-state index contributed by atoms with van der Waals surface area (Å²) in [6.45, 7) is 1.79. The fourth-order valence-electron chi connectivity index (χ4n) is 2.00. The number of aliphatic hydroxyl groups excluding tert-OH is 1. The van der Waals surface area contributed by atoms with Gasteiger partial charge in [-0.2, -0.15) is 0 Å². The molecule has 1 saturated heterocycles. The molecule has 0 aliphatic carbocycles. The molecule has 96 valence electrons. The first-order valence-electron chi connectivity index (χ1n) is 5.82. The van der Waals surface area contributed by atoms with Gasteiger partial charge in [0, 0.05) is 5.92 Å². The third-order valence-corrected chi connectivity index (χ3v) is 5.33. The van der Waals surface area contributed by atoms with Crippen molar-refractivity contribution in [1.29, 1.82) is 0 Å². The van der Waals surface area contributed by atoms with E-state index in [1.807, 2.05) is 6.92 Å². The minimum Gasteiger partial charge on any atom is -0.447 e. The molecule has 1 aliphatic rings. The third kappa shape index (κ3) is 2.52. The Morgan fingerprint density at radius 1 is 1.59 bits per heavy atom. The minimum absolute atomic E-state index is 0.0244. The van der Waals surface area contributed by atoms with Crippen molar-refractivity contribution in [3.05, 3.63) is 17.8 Å². The van der Waals surface area contributed by atoms with Gasteiger partial charge in [-0.15, -0.1) is 0 Å². The molecular weight excluding hydrogens is 242 g/mol. The number of aliphatic hydroxyl groups is 1. The zero-order valence-electron chi connectivity index (χ0n) is 9.80. The Kier molecular flexibility index (Phi) is 3.53. The standard InChI is InChI=1S/C11H17NO4S/c1-8(6-13)9-7-16-11(12-9)10-4-2-3-5-17(10,14)15/h7-8,10,13H,2-6H2,1H3. The van der Waals surface area contributed by atoms with E-state index < -0.39 is 15.1 Å². The van der Waals surface area contributed by atoms with E-state index in [0.29, 0.717) is 12.1 Å². The van der Waals surface area contributed by atoms with Gasteiger partial charge in [0.2, 0.25) is 5.89 Å². The molecule has 0 spiro atoms. The van der Waals surface area contributed by atoms with Gasteiger partial charge in [-0.25, -0.2) is 13.4 Å². The summed E-state index contributed by atoms with van der Waals surface area (Å²) in [6.07, 6.45) is 3.63. The predicted molar refractivity (Wildman–Crippen MR) is 62.4 cm³/mol. The van der Waals surface area contributed by atoms with Crippen molar-refractivity contribution in [2.24, 2.45) is 0 Å². The van der Waals surface area contributed by atoms with Gasteiger partial charge in [-0.05, 0) is 12.8 Å². The van der Waals surface area contributed by atoms with E-state index in [-0.39, 0.29) is 24.2 Å². The average molecular weight is 259 g/mol. The highest BCUT2D eigenvalue weighted by Gasteiger charge is 2.34. The first kappa shape index (κ1) is 12.6. The summed E-state index contributed by atoms with van der Waals surface area (Å²) in [7, 11) is -3.11. The molecule has 0 saturated carbocycles. The maximum Gasteiger partial charge on any atom is 0.212 e. The normalized spacial score (nSPS) is 25.6. The summed E-state index contributed by atoms with van der Waals surface area (Å²) in [5.41, 5.74) is 0.614. The molecular formula is C11H17NO4S. The largest absolute Gasteiger partial charge is 0.447 e. The molecule has 6 heteroatoms. The van der Waals surface area contributed by atoms with Crippen molar-refractivity contribution in [3.8, 4) is 0 Å². The molecule has 1 fully saturated rings. The van der Waals surface area contributed by atoms with Crippen LogP contribution in [0.15, 0.2) is 10.7 Å². The van der Waals surface area contributed by atoms with E-state index in [9.17, 15) is 8.42 Å². The Morgan fingerprint density at radius 2 is 2.35 bits per heavy atom. The average Bonchev–Trinajstić information content (AvgIpc) is 2.76. The summed E-state index contributed by atoms with van der Waals surface area (Å²) in [5, 5.41) is 8.41. The number of hydrogen-bond acceptors (Lipinski definition) is 5. The van der Waals surface area contributed by atoms with Gasteiger partial charge < -0.3 is 9.52 Å². The maximum absolute atomic E-state index is 11.9. The highest BCUT2D eigenvalue weighted by molar-refractivity contribution is 7.91. The van der Waals surface area contributed by atoms with Gasteiger partial charge in [0.15, 0.2) is 9.84 Å². The number of sulfone groups is 1. The summed E-state index contributed by atoms with van der Waals surface area (Å²) in [6, 6.07) is 0. The zero-order chi connectivity index (χ0) is 12.5. The van der Waals surface area contributed by atoms with Crippen molar-refractivity contribution >= 4 is 9.84 Å².